The molecule has 1 atom stereocenters. The number of hydrogen-bond donors (Lipinski definition) is 1. The van der Waals surface area contributed by atoms with Crippen molar-refractivity contribution in [2.75, 3.05) is 6.61 Å². The summed E-state index contributed by atoms with van der Waals surface area (Å²) in [6, 6.07) is 3.42. The Morgan fingerprint density at radius 3 is 2.26 bits per heavy atom. The Balaban J connectivity index is 0.00000324. The van der Waals surface area contributed by atoms with E-state index in [1.807, 2.05) is 0 Å². The minimum absolute atomic E-state index is 0. The number of benzene rings is 1. The van der Waals surface area contributed by atoms with Crippen LogP contribution in [-0.2, 0) is 9.53 Å². The molecule has 0 aromatic heterocycles. The average molecular weight is 294 g/mol. The van der Waals surface area contributed by atoms with Crippen molar-refractivity contribution in [3.8, 4) is 0 Å². The highest BCUT2D eigenvalue weighted by Crippen LogP contribution is 2.33. The molecule has 0 aliphatic heterocycles. The van der Waals surface area contributed by atoms with Gasteiger partial charge in [0, 0.05) is 0 Å². The highest BCUT2D eigenvalue weighted by molar-refractivity contribution is 5.85. The summed E-state index contributed by atoms with van der Waals surface area (Å²) in [5.74, 6) is -5.31. The van der Waals surface area contributed by atoms with Crippen molar-refractivity contribution in [1.82, 2.24) is 0 Å². The lowest BCUT2D eigenvalue weighted by Crippen LogP contribution is -2.42. The number of esters is 1. The van der Waals surface area contributed by atoms with Crippen molar-refractivity contribution in [2.24, 2.45) is 5.73 Å². The van der Waals surface area contributed by atoms with Gasteiger partial charge >= 0.3 is 11.9 Å². The molecular formula is C13H18ClF2NO2. The Bertz CT molecular complexity index is 432. The molecule has 19 heavy (non-hydrogen) atoms. The maximum Gasteiger partial charge on any atom is 0.379 e. The summed E-state index contributed by atoms with van der Waals surface area (Å²) in [5.41, 5.74) is 7.10. The van der Waals surface area contributed by atoms with Crippen molar-refractivity contribution < 1.29 is 18.3 Å². The lowest BCUT2D eigenvalue weighted by atomic mass is 9.93. The normalized spacial score (nSPS) is 12.5. The fourth-order valence-electron chi connectivity index (χ4n) is 1.85. The quantitative estimate of drug-likeness (QED) is 0.869. The Morgan fingerprint density at radius 2 is 1.84 bits per heavy atom. The van der Waals surface area contributed by atoms with E-state index in [1.54, 1.807) is 32.0 Å². The number of halogens is 3. The van der Waals surface area contributed by atoms with Gasteiger partial charge in [-0.05, 0) is 37.5 Å². The molecule has 0 fully saturated rings. The average Bonchev–Trinajstić information content (AvgIpc) is 2.28. The molecule has 0 amide bonds. The summed E-state index contributed by atoms with van der Waals surface area (Å²) in [7, 11) is 0. The van der Waals surface area contributed by atoms with Crippen LogP contribution in [0.2, 0.25) is 0 Å². The SMILES string of the molecule is CCOC(=O)C(F)(F)[C@@H](N)c1c(C)cccc1C.Cl. The summed E-state index contributed by atoms with van der Waals surface area (Å²) in [5, 5.41) is 0. The molecule has 2 N–H and O–H groups in total. The second-order valence-electron chi connectivity index (χ2n) is 4.13. The first-order valence-electron chi connectivity index (χ1n) is 5.69. The molecule has 3 nitrogen and oxygen atoms in total. The third-order valence-electron chi connectivity index (χ3n) is 2.79. The highest BCUT2D eigenvalue weighted by atomic mass is 35.5. The van der Waals surface area contributed by atoms with Crippen LogP contribution < -0.4 is 5.73 Å². The predicted octanol–water partition coefficient (Wildman–Crippen LogP) is 2.92. The van der Waals surface area contributed by atoms with Gasteiger partial charge in [-0.1, -0.05) is 18.2 Å². The molecule has 0 saturated heterocycles. The number of carbonyl (C=O) groups is 1. The lowest BCUT2D eigenvalue weighted by Gasteiger charge is -2.24. The standard InChI is InChI=1S/C13H17F2NO2.ClH/c1-4-18-12(17)13(14,15)11(16)10-8(2)6-5-7-9(10)3;/h5-7,11H,4,16H2,1-3H3;1H/t11-;/m0./s1. The van der Waals surface area contributed by atoms with E-state index in [9.17, 15) is 13.6 Å². The van der Waals surface area contributed by atoms with Crippen LogP contribution in [0.25, 0.3) is 0 Å². The molecule has 0 spiro atoms. The largest absolute Gasteiger partial charge is 0.462 e. The van der Waals surface area contributed by atoms with Gasteiger partial charge in [0.15, 0.2) is 0 Å². The van der Waals surface area contributed by atoms with Crippen molar-refractivity contribution >= 4 is 18.4 Å². The molecule has 0 bridgehead atoms. The van der Waals surface area contributed by atoms with Gasteiger partial charge in [0.25, 0.3) is 0 Å². The Kier molecular flexibility index (Phi) is 6.39. The molecule has 108 valence electrons. The number of nitrogens with two attached hydrogens (primary N) is 1. The highest BCUT2D eigenvalue weighted by Gasteiger charge is 2.48. The second kappa shape index (κ2) is 6.82. The third-order valence-corrected chi connectivity index (χ3v) is 2.79. The summed E-state index contributed by atoms with van der Waals surface area (Å²) < 4.78 is 32.0. The molecule has 0 aliphatic carbocycles. The molecule has 0 heterocycles. The number of carbonyl (C=O) groups excluding carboxylic acids is 1. The van der Waals surface area contributed by atoms with Crippen molar-refractivity contribution in [1.29, 1.82) is 0 Å². The molecule has 1 aromatic rings. The van der Waals surface area contributed by atoms with Crippen LogP contribution in [-0.4, -0.2) is 18.5 Å². The van der Waals surface area contributed by atoms with Crippen molar-refractivity contribution in [3.63, 3.8) is 0 Å². The molecule has 0 saturated carbocycles. The zero-order chi connectivity index (χ0) is 13.9. The van der Waals surface area contributed by atoms with E-state index in [1.165, 1.54) is 6.92 Å². The number of hydrogen-bond acceptors (Lipinski definition) is 3. The van der Waals surface area contributed by atoms with E-state index in [2.05, 4.69) is 4.74 Å². The third kappa shape index (κ3) is 3.64. The maximum atomic E-state index is 13.8. The van der Waals surface area contributed by atoms with Crippen molar-refractivity contribution in [2.45, 2.75) is 32.7 Å². The van der Waals surface area contributed by atoms with E-state index in [0.717, 1.165) is 0 Å². The minimum Gasteiger partial charge on any atom is -0.462 e. The van der Waals surface area contributed by atoms with Gasteiger partial charge in [-0.15, -0.1) is 12.4 Å². The van der Waals surface area contributed by atoms with Gasteiger partial charge in [0.2, 0.25) is 0 Å². The van der Waals surface area contributed by atoms with Gasteiger partial charge < -0.3 is 10.5 Å². The van der Waals surface area contributed by atoms with Crippen LogP contribution in [0.5, 0.6) is 0 Å². The van der Waals surface area contributed by atoms with Crippen LogP contribution >= 0.6 is 12.4 Å². The van der Waals surface area contributed by atoms with Gasteiger partial charge in [0.05, 0.1) is 6.61 Å². The van der Waals surface area contributed by atoms with Crippen LogP contribution in [0.15, 0.2) is 18.2 Å². The summed E-state index contributed by atoms with van der Waals surface area (Å²) >= 11 is 0. The molecular weight excluding hydrogens is 276 g/mol. The van der Waals surface area contributed by atoms with Gasteiger partial charge in [-0.25, -0.2) is 4.79 Å². The van der Waals surface area contributed by atoms with Crippen LogP contribution in [0.4, 0.5) is 8.78 Å². The van der Waals surface area contributed by atoms with Crippen LogP contribution in [0, 0.1) is 13.8 Å². The number of aryl methyl sites for hydroxylation is 2. The molecule has 1 aromatic carbocycles. The number of rotatable bonds is 4. The minimum atomic E-state index is -3.73. The summed E-state index contributed by atoms with van der Waals surface area (Å²) in [6.07, 6.45) is 0. The first kappa shape index (κ1) is 17.8. The van der Waals surface area contributed by atoms with E-state index >= 15 is 0 Å². The maximum absolute atomic E-state index is 13.8. The van der Waals surface area contributed by atoms with Gasteiger partial charge in [0.1, 0.15) is 6.04 Å². The Morgan fingerprint density at radius 1 is 1.37 bits per heavy atom. The second-order valence-corrected chi connectivity index (χ2v) is 4.13. The molecule has 0 radical (unpaired) electrons. The van der Waals surface area contributed by atoms with Gasteiger partial charge in [-0.2, -0.15) is 8.78 Å². The Labute approximate surface area is 117 Å². The first-order chi connectivity index (χ1) is 8.32. The molecule has 0 aliphatic rings. The molecule has 6 heteroatoms. The van der Waals surface area contributed by atoms with E-state index in [4.69, 9.17) is 5.73 Å². The number of alkyl halides is 2. The van der Waals surface area contributed by atoms with E-state index < -0.39 is 17.9 Å². The predicted molar refractivity (Wildman–Crippen MR) is 71.7 cm³/mol. The zero-order valence-corrected chi connectivity index (χ0v) is 11.9. The van der Waals surface area contributed by atoms with Gasteiger partial charge in [-0.3, -0.25) is 0 Å². The smallest absolute Gasteiger partial charge is 0.379 e. The van der Waals surface area contributed by atoms with E-state index in [-0.39, 0.29) is 24.6 Å². The monoisotopic (exact) mass is 293 g/mol. The lowest BCUT2D eigenvalue weighted by molar-refractivity contribution is -0.174. The van der Waals surface area contributed by atoms with Crippen LogP contribution in [0.3, 0.4) is 0 Å². The fraction of sp³-hybridized carbons (Fsp3) is 0.462. The molecule has 1 rings (SSSR count). The number of ether oxygens (including phenoxy) is 1. The fourth-order valence-corrected chi connectivity index (χ4v) is 1.85. The Hall–Kier alpha value is -1.20. The summed E-state index contributed by atoms with van der Waals surface area (Å²) in [4.78, 5) is 11.2. The van der Waals surface area contributed by atoms with Crippen LogP contribution in [0.1, 0.15) is 29.7 Å². The topological polar surface area (TPSA) is 52.3 Å². The summed E-state index contributed by atoms with van der Waals surface area (Å²) in [6.45, 7) is 4.74. The van der Waals surface area contributed by atoms with E-state index in [0.29, 0.717) is 11.1 Å². The zero-order valence-electron chi connectivity index (χ0n) is 11.1. The van der Waals surface area contributed by atoms with Crippen molar-refractivity contribution in [3.05, 3.63) is 34.9 Å². The molecule has 0 unspecified atom stereocenters. The first-order valence-corrected chi connectivity index (χ1v) is 5.69.